The van der Waals surface area contributed by atoms with E-state index in [0.717, 1.165) is 11.1 Å². The van der Waals surface area contributed by atoms with E-state index in [9.17, 15) is 33.3 Å². The Bertz CT molecular complexity index is 1950. The van der Waals surface area contributed by atoms with Gasteiger partial charge in [0.1, 0.15) is 12.1 Å². The number of carbonyl (C=O) groups excluding carboxylic acids is 6. The lowest BCUT2D eigenvalue weighted by atomic mass is 9.98. The van der Waals surface area contributed by atoms with Crippen molar-refractivity contribution in [1.82, 2.24) is 10.6 Å². The normalized spacial score (nSPS) is 17.5. The van der Waals surface area contributed by atoms with Crippen LogP contribution in [0, 0.1) is 16.7 Å². The lowest BCUT2D eigenvalue weighted by Gasteiger charge is -2.30. The zero-order valence-electron chi connectivity index (χ0n) is 35.5. The minimum absolute atomic E-state index is 0.0217. The Morgan fingerprint density at radius 1 is 0.915 bits per heavy atom. The first-order valence-corrected chi connectivity index (χ1v) is 21.5. The van der Waals surface area contributed by atoms with Gasteiger partial charge in [-0.15, -0.1) is 0 Å². The number of rotatable bonds is 17. The first kappa shape index (κ1) is 46.8. The van der Waals surface area contributed by atoms with Crippen molar-refractivity contribution in [1.29, 1.82) is 0 Å². The van der Waals surface area contributed by atoms with Crippen molar-refractivity contribution in [2.24, 2.45) is 22.5 Å². The molecule has 0 aromatic heterocycles. The molecule has 0 unspecified atom stereocenters. The number of benzene rings is 2. The summed E-state index contributed by atoms with van der Waals surface area (Å²) in [5, 5.41) is 5.91. The van der Waals surface area contributed by atoms with Crippen LogP contribution < -0.4 is 21.3 Å². The molecular weight excluding hydrogens is 779 g/mol. The maximum Gasteiger partial charge on any atom is 0.340 e. The fraction of sp³-hybridized carbons (Fsp3) is 0.535. The monoisotopic (exact) mass is 838 g/mol. The number of hydrogen-bond acceptors (Lipinski definition) is 11. The second kappa shape index (κ2) is 19.5. The van der Waals surface area contributed by atoms with Crippen molar-refractivity contribution < 1.29 is 51.9 Å². The Labute approximate surface area is 346 Å². The lowest BCUT2D eigenvalue weighted by Crippen LogP contribution is -2.56. The lowest BCUT2D eigenvalue weighted by molar-refractivity contribution is -0.162. The molecule has 2 aromatic carbocycles. The molecule has 16 heteroatoms. The molecule has 4 rings (SSSR count). The minimum atomic E-state index is -4.02. The zero-order valence-corrected chi connectivity index (χ0v) is 36.4. The first-order chi connectivity index (χ1) is 27.5. The SMILES string of the molecule is C/C(=C\C(=O)N[C@H]1CCc2cccc3c2N(C1=O)[C@H](C(=O)N[C@@H](CCC(N)=O)C(C)C)C3)c1ccc(CP(=O)(OCOC(=O)C(C)(C)C)OCOC(=O)C(C)(C)C)cc1. The number of para-hydroxylation sites is 1. The van der Waals surface area contributed by atoms with Gasteiger partial charge in [0.05, 0.1) is 22.7 Å². The van der Waals surface area contributed by atoms with Crippen LogP contribution in [0.3, 0.4) is 0 Å². The molecule has 15 nitrogen and oxygen atoms in total. The summed E-state index contributed by atoms with van der Waals surface area (Å²) in [7, 11) is -4.02. The molecule has 2 aliphatic rings. The van der Waals surface area contributed by atoms with Crippen LogP contribution in [-0.2, 0) is 70.9 Å². The van der Waals surface area contributed by atoms with Crippen LogP contribution in [0.2, 0.25) is 0 Å². The van der Waals surface area contributed by atoms with Gasteiger partial charge in [-0.1, -0.05) is 56.3 Å². The highest BCUT2D eigenvalue weighted by Crippen LogP contribution is 2.51. The predicted octanol–water partition coefficient (Wildman–Crippen LogP) is 5.71. The maximum absolute atomic E-state index is 14.2. The molecule has 59 heavy (non-hydrogen) atoms. The number of nitrogens with two attached hydrogens (primary N) is 1. The third-order valence-corrected chi connectivity index (χ3v) is 11.8. The first-order valence-electron chi connectivity index (χ1n) is 19.8. The van der Waals surface area contributed by atoms with Crippen LogP contribution in [-0.4, -0.2) is 67.3 Å². The van der Waals surface area contributed by atoms with Gasteiger partial charge in [0.25, 0.3) is 0 Å². The molecule has 0 saturated carbocycles. The van der Waals surface area contributed by atoms with Gasteiger partial charge in [-0.3, -0.25) is 47.3 Å². The van der Waals surface area contributed by atoms with E-state index in [0.29, 0.717) is 48.1 Å². The van der Waals surface area contributed by atoms with E-state index >= 15 is 0 Å². The molecule has 2 aliphatic heterocycles. The molecule has 3 atom stereocenters. The van der Waals surface area contributed by atoms with Crippen LogP contribution in [0.25, 0.3) is 5.57 Å². The number of hydrogen-bond donors (Lipinski definition) is 3. The van der Waals surface area contributed by atoms with Gasteiger partial charge >= 0.3 is 19.5 Å². The van der Waals surface area contributed by atoms with Crippen molar-refractivity contribution in [3.05, 3.63) is 70.8 Å². The number of primary amides is 1. The summed E-state index contributed by atoms with van der Waals surface area (Å²) >= 11 is 0. The summed E-state index contributed by atoms with van der Waals surface area (Å²) in [5.74, 6) is -2.79. The van der Waals surface area contributed by atoms with Gasteiger partial charge in [-0.05, 0) is 101 Å². The van der Waals surface area contributed by atoms with Gasteiger partial charge < -0.3 is 25.8 Å². The summed E-state index contributed by atoms with van der Waals surface area (Å²) in [4.78, 5) is 79.0. The quantitative estimate of drug-likeness (QED) is 0.0761. The van der Waals surface area contributed by atoms with Crippen LogP contribution in [0.15, 0.2) is 48.5 Å². The molecule has 0 bridgehead atoms. The minimum Gasteiger partial charge on any atom is -0.438 e. The zero-order chi connectivity index (χ0) is 43.9. The van der Waals surface area contributed by atoms with E-state index in [-0.39, 0.29) is 36.4 Å². The number of nitrogens with zero attached hydrogens (tertiary/aromatic N) is 1. The van der Waals surface area contributed by atoms with E-state index in [1.165, 1.54) is 11.0 Å². The molecule has 0 saturated heterocycles. The molecule has 322 valence electrons. The van der Waals surface area contributed by atoms with E-state index < -0.39 is 67.8 Å². The molecular formula is C43H59N4O11P. The summed E-state index contributed by atoms with van der Waals surface area (Å²) in [6.45, 7) is 14.3. The summed E-state index contributed by atoms with van der Waals surface area (Å²) in [6.07, 6.45) is 2.80. The fourth-order valence-corrected chi connectivity index (χ4v) is 7.94. The highest BCUT2D eigenvalue weighted by atomic mass is 31.2. The smallest absolute Gasteiger partial charge is 0.340 e. The van der Waals surface area contributed by atoms with E-state index in [1.807, 2.05) is 32.0 Å². The van der Waals surface area contributed by atoms with E-state index in [1.54, 1.807) is 72.7 Å². The Balaban J connectivity index is 1.45. The number of amides is 4. The van der Waals surface area contributed by atoms with Crippen molar-refractivity contribution in [2.45, 2.75) is 119 Å². The highest BCUT2D eigenvalue weighted by molar-refractivity contribution is 7.53. The Hall–Kier alpha value is -4.85. The Morgan fingerprint density at radius 2 is 1.49 bits per heavy atom. The second-order valence-electron chi connectivity index (χ2n) is 17.5. The summed E-state index contributed by atoms with van der Waals surface area (Å²) < 4.78 is 35.0. The number of allylic oxidation sites excluding steroid dienone is 1. The molecule has 4 amide bonds. The van der Waals surface area contributed by atoms with Crippen molar-refractivity contribution >= 4 is 54.4 Å². The predicted molar refractivity (Wildman–Crippen MR) is 221 cm³/mol. The van der Waals surface area contributed by atoms with Crippen molar-refractivity contribution in [3.8, 4) is 0 Å². The van der Waals surface area contributed by atoms with Gasteiger partial charge in [0.2, 0.25) is 37.2 Å². The number of anilines is 1. The van der Waals surface area contributed by atoms with Crippen LogP contribution in [0.5, 0.6) is 0 Å². The Morgan fingerprint density at radius 3 is 2.03 bits per heavy atom. The molecule has 2 aromatic rings. The average molecular weight is 839 g/mol. The topological polar surface area (TPSA) is 210 Å². The summed E-state index contributed by atoms with van der Waals surface area (Å²) in [6, 6.07) is 10.5. The van der Waals surface area contributed by atoms with Crippen LogP contribution in [0.1, 0.15) is 104 Å². The van der Waals surface area contributed by atoms with Gasteiger partial charge in [0.15, 0.2) is 0 Å². The van der Waals surface area contributed by atoms with Gasteiger partial charge in [-0.25, -0.2) is 0 Å². The maximum atomic E-state index is 14.2. The molecule has 0 spiro atoms. The van der Waals surface area contributed by atoms with Crippen LogP contribution in [0.4, 0.5) is 5.69 Å². The number of nitrogens with one attached hydrogen (secondary N) is 2. The number of esters is 2. The summed E-state index contributed by atoms with van der Waals surface area (Å²) in [5.41, 5.74) is 8.00. The molecule has 0 fully saturated rings. The molecule has 2 heterocycles. The second-order valence-corrected chi connectivity index (χ2v) is 19.5. The van der Waals surface area contributed by atoms with E-state index in [2.05, 4.69) is 10.6 Å². The number of ether oxygens (including phenoxy) is 2. The largest absolute Gasteiger partial charge is 0.438 e. The number of aryl methyl sites for hydroxylation is 1. The molecule has 4 N–H and O–H groups in total. The Kier molecular flexibility index (Phi) is 15.5. The number of carbonyl (C=O) groups is 6. The fourth-order valence-electron chi connectivity index (χ4n) is 6.60. The van der Waals surface area contributed by atoms with Gasteiger partial charge in [0, 0.05) is 25.0 Å². The van der Waals surface area contributed by atoms with Crippen molar-refractivity contribution in [3.63, 3.8) is 0 Å². The molecule has 0 radical (unpaired) electrons. The van der Waals surface area contributed by atoms with Gasteiger partial charge in [-0.2, -0.15) is 0 Å². The average Bonchev–Trinajstić information content (AvgIpc) is 3.48. The molecule has 0 aliphatic carbocycles. The van der Waals surface area contributed by atoms with Crippen molar-refractivity contribution in [2.75, 3.05) is 18.5 Å². The standard InChI is InChI=1S/C43H59N4O11P/c1-26(2)32(19-20-35(44)48)46-38(50)34-22-31-12-10-11-30-17-18-33(39(51)47(34)37(30)31)45-36(49)21-27(3)29-15-13-28(14-16-29)23-59(54,57-24-55-40(52)42(4,5)6)58-25-56-41(53)43(7,8)9/h10-16,21,26,32-34H,17-20,22-25H2,1-9H3,(H2,44,48)(H,45,49)(H,46,50)/b27-21+/t32-,33-,34-/m0/s1. The van der Waals surface area contributed by atoms with E-state index in [4.69, 9.17) is 24.3 Å². The third kappa shape index (κ3) is 12.8. The van der Waals surface area contributed by atoms with Crippen LogP contribution >= 0.6 is 7.60 Å². The highest BCUT2D eigenvalue weighted by Gasteiger charge is 2.44. The third-order valence-electron chi connectivity index (χ3n) is 10.1.